The van der Waals surface area contributed by atoms with Gasteiger partial charge in [-0.1, -0.05) is 41.5 Å². The van der Waals surface area contributed by atoms with Crippen molar-refractivity contribution in [3.8, 4) is 0 Å². The molecule has 0 saturated heterocycles. The largest absolute Gasteiger partial charge is 0.461 e. The van der Waals surface area contributed by atoms with Crippen molar-refractivity contribution in [2.45, 2.75) is 110 Å². The lowest BCUT2D eigenvalue weighted by molar-refractivity contribution is -0.280. The number of hydrogen-bond donors (Lipinski definition) is 1. The molecule has 8 heteroatoms. The van der Waals surface area contributed by atoms with Crippen LogP contribution in [0.3, 0.4) is 0 Å². The maximum absolute atomic E-state index is 12.4. The van der Waals surface area contributed by atoms with Crippen molar-refractivity contribution in [2.24, 2.45) is 0 Å². The Balaban J connectivity index is 5.62. The maximum Gasteiger partial charge on any atom is 0.342 e. The van der Waals surface area contributed by atoms with E-state index in [0.717, 1.165) is 0 Å². The summed E-state index contributed by atoms with van der Waals surface area (Å²) in [5.74, 6) is -1.82. The fraction of sp³-hybridized carbons (Fsp3) is 0.895. The molecule has 0 heterocycles. The monoisotopic (exact) mass is 406 g/mol. The molecule has 27 heavy (non-hydrogen) atoms. The Bertz CT molecular complexity index is 453. The summed E-state index contributed by atoms with van der Waals surface area (Å²) < 4.78 is 16.1. The van der Waals surface area contributed by atoms with Crippen LogP contribution in [0, 0.1) is 0 Å². The standard InChI is InChI=1S/C19H38O7Si/c1-11(2)23-18(21)16(20)17(19(22)24-12(3)4)25-26-27(13(5)6,14(7)8)15(9)10/h11-17,20H,1-10H3/t16-,17-/m1/s1. The fourth-order valence-corrected chi connectivity index (χ4v) is 8.22. The molecule has 0 aromatic carbocycles. The first-order valence-corrected chi connectivity index (χ1v) is 11.8. The van der Waals surface area contributed by atoms with Crippen molar-refractivity contribution in [1.29, 1.82) is 0 Å². The van der Waals surface area contributed by atoms with E-state index in [0.29, 0.717) is 0 Å². The number of ether oxygens (including phenoxy) is 2. The molecular formula is C19H38O7Si. The van der Waals surface area contributed by atoms with Gasteiger partial charge in [-0.15, -0.1) is 0 Å². The first kappa shape index (κ1) is 26.0. The molecule has 0 unspecified atom stereocenters. The van der Waals surface area contributed by atoms with Crippen LogP contribution in [0.4, 0.5) is 0 Å². The molecule has 0 aromatic heterocycles. The van der Waals surface area contributed by atoms with Crippen LogP contribution in [-0.4, -0.2) is 49.8 Å². The van der Waals surface area contributed by atoms with E-state index in [1.54, 1.807) is 27.7 Å². The number of carbonyl (C=O) groups is 2. The summed E-state index contributed by atoms with van der Waals surface area (Å²) in [6.45, 7) is 19.0. The number of carbonyl (C=O) groups excluding carboxylic acids is 2. The Morgan fingerprint density at radius 3 is 1.41 bits per heavy atom. The van der Waals surface area contributed by atoms with Crippen LogP contribution in [0.5, 0.6) is 0 Å². The second-order valence-electron chi connectivity index (χ2n) is 8.33. The van der Waals surface area contributed by atoms with Crippen LogP contribution in [0.2, 0.25) is 16.6 Å². The Hall–Kier alpha value is -0.963. The van der Waals surface area contributed by atoms with E-state index < -0.39 is 44.7 Å². The van der Waals surface area contributed by atoms with Crippen molar-refractivity contribution in [3.05, 3.63) is 0 Å². The summed E-state index contributed by atoms with van der Waals surface area (Å²) in [5.41, 5.74) is 0.581. The van der Waals surface area contributed by atoms with Gasteiger partial charge in [0.05, 0.1) is 12.2 Å². The van der Waals surface area contributed by atoms with Gasteiger partial charge in [0.25, 0.3) is 0 Å². The van der Waals surface area contributed by atoms with Crippen LogP contribution < -0.4 is 0 Å². The van der Waals surface area contributed by atoms with Gasteiger partial charge in [-0.05, 0) is 44.3 Å². The van der Waals surface area contributed by atoms with Gasteiger partial charge < -0.3 is 14.6 Å². The highest BCUT2D eigenvalue weighted by Gasteiger charge is 2.49. The van der Waals surface area contributed by atoms with Gasteiger partial charge in [-0.2, -0.15) is 0 Å². The topological polar surface area (TPSA) is 91.3 Å². The predicted octanol–water partition coefficient (Wildman–Crippen LogP) is 3.74. The molecule has 7 nitrogen and oxygen atoms in total. The lowest BCUT2D eigenvalue weighted by Gasteiger charge is -2.41. The molecule has 0 aliphatic carbocycles. The van der Waals surface area contributed by atoms with Crippen LogP contribution in [0.1, 0.15) is 69.2 Å². The van der Waals surface area contributed by atoms with Crippen molar-refractivity contribution >= 4 is 20.3 Å². The van der Waals surface area contributed by atoms with Gasteiger partial charge in [-0.3, -0.25) is 4.58 Å². The van der Waals surface area contributed by atoms with E-state index in [1.165, 1.54) is 0 Å². The smallest absolute Gasteiger partial charge is 0.342 e. The zero-order valence-corrected chi connectivity index (χ0v) is 19.4. The van der Waals surface area contributed by atoms with Crippen molar-refractivity contribution in [3.63, 3.8) is 0 Å². The Morgan fingerprint density at radius 2 is 1.07 bits per heavy atom. The third-order valence-electron chi connectivity index (χ3n) is 4.47. The normalized spacial score (nSPS) is 15.0. The van der Waals surface area contributed by atoms with Crippen LogP contribution in [-0.2, 0) is 28.5 Å². The van der Waals surface area contributed by atoms with E-state index in [1.807, 2.05) is 0 Å². The average Bonchev–Trinajstić information content (AvgIpc) is 2.48. The van der Waals surface area contributed by atoms with E-state index in [2.05, 4.69) is 41.5 Å². The zero-order valence-electron chi connectivity index (χ0n) is 18.4. The molecule has 0 fully saturated rings. The maximum atomic E-state index is 12.4. The molecule has 1 N–H and O–H groups in total. The van der Waals surface area contributed by atoms with Crippen molar-refractivity contribution in [1.82, 2.24) is 0 Å². The molecule has 0 aliphatic heterocycles. The minimum atomic E-state index is -2.48. The van der Waals surface area contributed by atoms with Gasteiger partial charge in [0.15, 0.2) is 6.10 Å². The lowest BCUT2D eigenvalue weighted by atomic mass is 10.2. The third kappa shape index (κ3) is 7.17. The summed E-state index contributed by atoms with van der Waals surface area (Å²) in [6, 6.07) is 0. The average molecular weight is 407 g/mol. The lowest BCUT2D eigenvalue weighted by Crippen LogP contribution is -2.52. The number of rotatable bonds is 11. The second kappa shape index (κ2) is 11.1. The van der Waals surface area contributed by atoms with Crippen LogP contribution in [0.15, 0.2) is 0 Å². The minimum absolute atomic E-state index is 0.194. The molecule has 0 radical (unpaired) electrons. The molecule has 0 saturated carbocycles. The van der Waals surface area contributed by atoms with Crippen molar-refractivity contribution < 1.29 is 33.6 Å². The number of hydrogen-bond acceptors (Lipinski definition) is 7. The van der Waals surface area contributed by atoms with E-state index in [4.69, 9.17) is 18.9 Å². The molecule has 0 aromatic rings. The van der Waals surface area contributed by atoms with E-state index >= 15 is 0 Å². The number of aliphatic hydroxyl groups is 1. The molecule has 0 aliphatic rings. The fourth-order valence-electron chi connectivity index (χ4n) is 3.37. The Morgan fingerprint density at radius 1 is 0.704 bits per heavy atom. The molecular weight excluding hydrogens is 368 g/mol. The molecule has 0 amide bonds. The van der Waals surface area contributed by atoms with Gasteiger partial charge in [0, 0.05) is 0 Å². The van der Waals surface area contributed by atoms with Gasteiger partial charge in [-0.25, -0.2) is 14.5 Å². The third-order valence-corrected chi connectivity index (χ3v) is 10.3. The highest BCUT2D eigenvalue weighted by Crippen LogP contribution is 2.42. The molecule has 2 atom stereocenters. The second-order valence-corrected chi connectivity index (χ2v) is 13.7. The van der Waals surface area contributed by atoms with Gasteiger partial charge >= 0.3 is 11.9 Å². The number of aliphatic hydroxyl groups excluding tert-OH is 1. The van der Waals surface area contributed by atoms with Crippen LogP contribution >= 0.6 is 0 Å². The quantitative estimate of drug-likeness (QED) is 0.242. The van der Waals surface area contributed by atoms with E-state index in [-0.39, 0.29) is 16.6 Å². The highest BCUT2D eigenvalue weighted by atomic mass is 28.4. The Kier molecular flexibility index (Phi) is 10.7. The number of esters is 2. The highest BCUT2D eigenvalue weighted by molar-refractivity contribution is 6.77. The van der Waals surface area contributed by atoms with Gasteiger partial charge in [0.1, 0.15) is 0 Å². The zero-order chi connectivity index (χ0) is 21.5. The summed E-state index contributed by atoms with van der Waals surface area (Å²) in [6.07, 6.45) is -4.32. The first-order chi connectivity index (χ1) is 12.3. The molecule has 0 rings (SSSR count). The molecule has 160 valence electrons. The SMILES string of the molecule is CC(C)OC(=O)[C@H](O)[C@@H](OO[Si](C(C)C)(C(C)C)C(C)C)C(=O)OC(C)C. The summed E-state index contributed by atoms with van der Waals surface area (Å²) in [7, 11) is -2.48. The van der Waals surface area contributed by atoms with Crippen LogP contribution in [0.25, 0.3) is 0 Å². The summed E-state index contributed by atoms with van der Waals surface area (Å²) >= 11 is 0. The minimum Gasteiger partial charge on any atom is -0.461 e. The first-order valence-electron chi connectivity index (χ1n) is 9.70. The van der Waals surface area contributed by atoms with Crippen molar-refractivity contribution in [2.75, 3.05) is 0 Å². The van der Waals surface area contributed by atoms with Gasteiger partial charge in [0.2, 0.25) is 14.4 Å². The van der Waals surface area contributed by atoms with E-state index in [9.17, 15) is 14.7 Å². The molecule has 0 spiro atoms. The predicted molar refractivity (Wildman–Crippen MR) is 105 cm³/mol. The molecule has 0 bridgehead atoms. The summed E-state index contributed by atoms with van der Waals surface area (Å²) in [4.78, 5) is 30.0. The Labute approximate surface area is 164 Å². The summed E-state index contributed by atoms with van der Waals surface area (Å²) in [5, 5.41) is 10.4.